The van der Waals surface area contributed by atoms with E-state index in [0.29, 0.717) is 51.2 Å². The molecule has 0 aromatic heterocycles. The van der Waals surface area contributed by atoms with Crippen molar-refractivity contribution in [1.29, 1.82) is 0 Å². The highest BCUT2D eigenvalue weighted by molar-refractivity contribution is 6.19. The van der Waals surface area contributed by atoms with Gasteiger partial charge in [-0.1, -0.05) is 59.8 Å². The number of benzene rings is 2. The number of anilines is 1. The Morgan fingerprint density at radius 3 is 2.28 bits per heavy atom. The second-order valence-corrected chi connectivity index (χ2v) is 20.6. The zero-order valence-corrected chi connectivity index (χ0v) is 43.4. The molecule has 0 aliphatic carbocycles. The van der Waals surface area contributed by atoms with Crippen LogP contribution in [0.4, 0.5) is 5.69 Å². The molecule has 1 spiro atoms. The quantitative estimate of drug-likeness (QED) is 0.0862. The van der Waals surface area contributed by atoms with Crippen molar-refractivity contribution in [2.24, 2.45) is 39.6 Å². The van der Waals surface area contributed by atoms with Crippen LogP contribution in [-0.2, 0) is 33.3 Å². The van der Waals surface area contributed by atoms with Crippen LogP contribution in [0.15, 0.2) is 46.1 Å². The topological polar surface area (TPSA) is 239 Å². The summed E-state index contributed by atoms with van der Waals surface area (Å²) in [6, 6.07) is 0. The van der Waals surface area contributed by atoms with E-state index in [1.807, 2.05) is 25.9 Å². The number of hydrogen-bond acceptors (Lipinski definition) is 17. The smallest absolute Gasteiger partial charge is 0.317 e. The molecule has 1 fully saturated rings. The molecule has 6 rings (SSSR count). The lowest BCUT2D eigenvalue weighted by atomic mass is 9.77. The van der Waals surface area contributed by atoms with Gasteiger partial charge in [-0.2, -0.15) is 0 Å². The number of carbonyl (C=O) groups excluding carboxylic acids is 4. The highest BCUT2D eigenvalue weighted by Crippen LogP contribution is 2.50. The molecule has 9 atom stereocenters. The summed E-state index contributed by atoms with van der Waals surface area (Å²) in [6.45, 7) is 18.9. The van der Waals surface area contributed by atoms with Crippen LogP contribution in [0.3, 0.4) is 0 Å². The third-order valence-corrected chi connectivity index (χ3v) is 14.4. The van der Waals surface area contributed by atoms with Crippen LogP contribution in [0.1, 0.15) is 103 Å². The van der Waals surface area contributed by atoms with Crippen molar-refractivity contribution in [2.45, 2.75) is 130 Å². The number of aliphatic hydroxyl groups is 2. The zero-order chi connectivity index (χ0) is 52.3. The molecule has 18 heteroatoms. The van der Waals surface area contributed by atoms with Crippen molar-refractivity contribution in [3.8, 4) is 17.2 Å². The van der Waals surface area contributed by atoms with E-state index in [2.05, 4.69) is 24.1 Å². The Labute approximate surface area is 416 Å². The normalized spacial score (nSPS) is 29.7. The predicted octanol–water partition coefficient (Wildman–Crippen LogP) is 5.00. The number of rotatable bonds is 11. The number of hydrogen-bond donors (Lipinski definition) is 5. The van der Waals surface area contributed by atoms with Crippen LogP contribution in [0.25, 0.3) is 10.8 Å². The highest BCUT2D eigenvalue weighted by atomic mass is 16.7. The summed E-state index contributed by atoms with van der Waals surface area (Å²) in [5.41, 5.74) is -0.710. The van der Waals surface area contributed by atoms with Gasteiger partial charge in [-0.25, -0.2) is 0 Å². The number of aromatic hydroxyl groups is 2. The van der Waals surface area contributed by atoms with Crippen molar-refractivity contribution in [2.75, 3.05) is 59.3 Å². The Bertz CT molecular complexity index is 2570. The predicted molar refractivity (Wildman–Crippen MR) is 265 cm³/mol. The molecule has 4 heterocycles. The minimum atomic E-state index is -2.02. The van der Waals surface area contributed by atoms with E-state index in [4.69, 9.17) is 33.7 Å². The molecule has 0 radical (unpaired) electrons. The van der Waals surface area contributed by atoms with E-state index in [1.54, 1.807) is 52.8 Å². The van der Waals surface area contributed by atoms with Crippen molar-refractivity contribution in [1.82, 2.24) is 9.80 Å². The van der Waals surface area contributed by atoms with Gasteiger partial charge in [-0.15, -0.1) is 0 Å². The van der Waals surface area contributed by atoms with Crippen molar-refractivity contribution in [3.05, 3.63) is 58.0 Å². The standard InChI is InChI=1S/C53H75N5O13/c1-13-34-35(67-12)18-25-69-52(9)50(65)40-38-39(46(63)33(8)49(40)71-52)47(64)43(42-41(38)55-53(56-42)19-22-58(23-20-53)27-28(2)3)54-51(66)30(5)17-14-16-29(4)44(61)31(6)45(62)32(7)48(34)70-37(60)26-36(59)68-24-15-21-57(10)11/h14,16-18,25,28-29,31-32,34-35,44-45,48,61-64H,13,15,19-24,26-27H2,1-12H3,(H,54,66)/b16-14+,25-18+,30-17-/t29-,31+,32+,34+,35-,44-,45+,48-,52-/m0/s1. The Kier molecular flexibility index (Phi) is 17.5. The molecule has 1 saturated heterocycles. The molecule has 0 unspecified atom stereocenters. The average molecular weight is 990 g/mol. The number of amides is 1. The fourth-order valence-electron chi connectivity index (χ4n) is 10.2. The summed E-state index contributed by atoms with van der Waals surface area (Å²) < 4.78 is 29.9. The number of fused-ring (bicyclic) bond motifs is 1. The van der Waals surface area contributed by atoms with E-state index >= 15 is 0 Å². The Hall–Kier alpha value is -5.40. The number of ether oxygens (including phenoxy) is 5. The molecule has 18 nitrogen and oxygen atoms in total. The van der Waals surface area contributed by atoms with Gasteiger partial charge in [-0.05, 0) is 52.8 Å². The van der Waals surface area contributed by atoms with Crippen LogP contribution in [0.5, 0.6) is 17.2 Å². The highest BCUT2D eigenvalue weighted by Gasteiger charge is 2.50. The van der Waals surface area contributed by atoms with Crippen LogP contribution in [-0.4, -0.2) is 144 Å². The number of aliphatic hydroxyl groups excluding tert-OH is 2. The van der Waals surface area contributed by atoms with E-state index in [-0.39, 0.29) is 56.2 Å². The minimum Gasteiger partial charge on any atom is -0.507 e. The Morgan fingerprint density at radius 1 is 0.972 bits per heavy atom. The summed E-state index contributed by atoms with van der Waals surface area (Å²) in [7, 11) is 5.24. The molecule has 4 aliphatic heterocycles. The van der Waals surface area contributed by atoms with Gasteiger partial charge in [0.05, 0.1) is 47.5 Å². The molecule has 390 valence electrons. The van der Waals surface area contributed by atoms with Gasteiger partial charge in [0.2, 0.25) is 0 Å². The van der Waals surface area contributed by atoms with Crippen molar-refractivity contribution < 1.29 is 63.3 Å². The lowest BCUT2D eigenvalue weighted by molar-refractivity contribution is -0.168. The Balaban J connectivity index is 1.46. The molecular formula is C53H75N5O13. The maximum absolute atomic E-state index is 14.9. The summed E-state index contributed by atoms with van der Waals surface area (Å²) in [5.74, 6) is -8.21. The number of esters is 2. The number of ketones is 1. The molecule has 0 saturated carbocycles. The number of phenols is 2. The van der Waals surface area contributed by atoms with Crippen molar-refractivity contribution in [3.63, 3.8) is 0 Å². The number of methoxy groups -OCH3 is 1. The number of Topliss-reactive ketones (excluding diaryl/α,β-unsaturated/α-hetero) is 1. The van der Waals surface area contributed by atoms with Gasteiger partial charge in [0.15, 0.2) is 11.4 Å². The second kappa shape index (κ2) is 22.6. The van der Waals surface area contributed by atoms with E-state index in [1.165, 1.54) is 26.4 Å². The number of allylic oxidation sites excluding steroid dienone is 2. The van der Waals surface area contributed by atoms with Crippen LogP contribution >= 0.6 is 0 Å². The largest absolute Gasteiger partial charge is 0.507 e. The van der Waals surface area contributed by atoms with Gasteiger partial charge in [0, 0.05) is 93.2 Å². The molecule has 2 aromatic carbocycles. The van der Waals surface area contributed by atoms with Gasteiger partial charge in [-0.3, -0.25) is 29.2 Å². The molecule has 5 N–H and O–H groups in total. The van der Waals surface area contributed by atoms with E-state index in [0.717, 1.165) is 6.54 Å². The molecule has 71 heavy (non-hydrogen) atoms. The van der Waals surface area contributed by atoms with Crippen LogP contribution in [0, 0.1) is 36.5 Å². The van der Waals surface area contributed by atoms with E-state index in [9.17, 15) is 39.6 Å². The lowest BCUT2D eigenvalue weighted by Gasteiger charge is -2.39. The number of likely N-dealkylation sites (tertiary alicyclic amines) is 1. The summed E-state index contributed by atoms with van der Waals surface area (Å²) >= 11 is 0. The number of nitrogens with one attached hydrogen (secondary N) is 1. The first-order chi connectivity index (χ1) is 33.5. The average Bonchev–Trinajstić information content (AvgIpc) is 3.82. The van der Waals surface area contributed by atoms with Gasteiger partial charge < -0.3 is 59.2 Å². The summed E-state index contributed by atoms with van der Waals surface area (Å²) in [5, 5.41) is 50.9. The monoisotopic (exact) mass is 990 g/mol. The minimum absolute atomic E-state index is 0.00529. The molecular weight excluding hydrogens is 915 g/mol. The fraction of sp³-hybridized carbons (Fsp3) is 0.623. The summed E-state index contributed by atoms with van der Waals surface area (Å²) in [6.07, 6.45) is 4.55. The Morgan fingerprint density at radius 2 is 1.65 bits per heavy atom. The van der Waals surface area contributed by atoms with Gasteiger partial charge in [0.25, 0.3) is 11.7 Å². The first-order valence-corrected chi connectivity index (χ1v) is 24.9. The van der Waals surface area contributed by atoms with Crippen molar-refractivity contribution >= 4 is 40.1 Å². The maximum Gasteiger partial charge on any atom is 0.317 e. The van der Waals surface area contributed by atoms with Crippen LogP contribution < -0.4 is 20.8 Å². The summed E-state index contributed by atoms with van der Waals surface area (Å²) in [4.78, 5) is 69.9. The number of phenolic OH excluding ortho intramolecular Hbond substituents is 2. The molecule has 1 amide bonds. The molecule has 4 bridgehead atoms. The van der Waals surface area contributed by atoms with Crippen LogP contribution in [0.2, 0.25) is 0 Å². The zero-order valence-electron chi connectivity index (χ0n) is 43.4. The molecule has 2 aromatic rings. The third-order valence-electron chi connectivity index (χ3n) is 14.4. The molecule has 4 aliphatic rings. The fourth-order valence-corrected chi connectivity index (χ4v) is 10.2. The second-order valence-electron chi connectivity index (χ2n) is 20.6. The number of nitrogens with zero attached hydrogens (tertiary/aromatic N) is 4. The third kappa shape index (κ3) is 11.6. The first-order valence-electron chi connectivity index (χ1n) is 24.9. The number of piperidine rings is 1. The SMILES string of the molecule is CC[C@H]1[C@@H](OC(=O)CC(=O)OCCCN(C)C)[C@H](C)[C@H](O)[C@H](C)[C@@H](O)[C@@H](C)/C=C/C=C(/C)C(=O)Nc2c(O)c3c(O)c(C)c4c(c3c3c2=NC2(CCN(CC(C)C)CC2)N=3)C(=O)[C@@](C)(O/C=C/[C@@H]1OC)O4. The lowest BCUT2D eigenvalue weighted by Crippen LogP contribution is -2.47. The maximum atomic E-state index is 14.9. The van der Waals surface area contributed by atoms with Gasteiger partial charge >= 0.3 is 17.7 Å². The van der Waals surface area contributed by atoms with Gasteiger partial charge in [0.1, 0.15) is 35.1 Å². The van der Waals surface area contributed by atoms with E-state index < -0.39 is 101 Å². The number of carbonyl (C=O) groups is 4. The first kappa shape index (κ1) is 54.9.